The maximum atomic E-state index is 11.7. The van der Waals surface area contributed by atoms with E-state index in [1.807, 2.05) is 4.90 Å². The second-order valence-electron chi connectivity index (χ2n) is 4.15. The number of carbonyl (C=O) groups excluding carboxylic acids is 1. The molecule has 4 heteroatoms. The third kappa shape index (κ3) is 4.62. The summed E-state index contributed by atoms with van der Waals surface area (Å²) in [4.78, 5) is 13.6. The van der Waals surface area contributed by atoms with E-state index in [1.165, 1.54) is 0 Å². The Morgan fingerprint density at radius 1 is 1.47 bits per heavy atom. The Balaban J connectivity index is 2.10. The van der Waals surface area contributed by atoms with Crippen molar-refractivity contribution in [3.8, 4) is 0 Å². The van der Waals surface area contributed by atoms with Crippen LogP contribution in [0, 0.1) is 0 Å². The first-order valence-corrected chi connectivity index (χ1v) is 5.74. The first-order valence-electron chi connectivity index (χ1n) is 5.74. The second-order valence-corrected chi connectivity index (χ2v) is 4.15. The third-order valence-corrected chi connectivity index (χ3v) is 2.82. The van der Waals surface area contributed by atoms with E-state index in [0.29, 0.717) is 12.6 Å². The smallest absolute Gasteiger partial charge is 0.236 e. The Morgan fingerprint density at radius 2 is 2.13 bits per heavy atom. The fourth-order valence-electron chi connectivity index (χ4n) is 1.74. The van der Waals surface area contributed by atoms with Gasteiger partial charge in [0.05, 0.1) is 6.54 Å². The van der Waals surface area contributed by atoms with Crippen molar-refractivity contribution in [1.29, 1.82) is 0 Å². The van der Waals surface area contributed by atoms with Gasteiger partial charge in [0.15, 0.2) is 0 Å². The van der Waals surface area contributed by atoms with Gasteiger partial charge in [-0.15, -0.1) is 0 Å². The average molecular weight is 214 g/mol. The van der Waals surface area contributed by atoms with Gasteiger partial charge >= 0.3 is 0 Å². The van der Waals surface area contributed by atoms with Gasteiger partial charge in [-0.25, -0.2) is 0 Å². The molecule has 4 nitrogen and oxygen atoms in total. The Morgan fingerprint density at radius 3 is 2.73 bits per heavy atom. The van der Waals surface area contributed by atoms with Crippen LogP contribution in [0.1, 0.15) is 26.2 Å². The van der Waals surface area contributed by atoms with Crippen LogP contribution in [0.5, 0.6) is 0 Å². The zero-order valence-electron chi connectivity index (χ0n) is 9.79. The van der Waals surface area contributed by atoms with Gasteiger partial charge in [0, 0.05) is 32.8 Å². The lowest BCUT2D eigenvalue weighted by Crippen LogP contribution is -2.39. The Labute approximate surface area is 92.0 Å². The monoisotopic (exact) mass is 214 g/mol. The van der Waals surface area contributed by atoms with E-state index < -0.39 is 0 Å². The molecule has 1 aliphatic heterocycles. The lowest BCUT2D eigenvalue weighted by atomic mass is 10.2. The fraction of sp³-hybridized carbons (Fsp3) is 0.909. The quantitative estimate of drug-likeness (QED) is 0.705. The number of amides is 1. The minimum Gasteiger partial charge on any atom is -0.385 e. The molecule has 0 aliphatic carbocycles. The summed E-state index contributed by atoms with van der Waals surface area (Å²) in [6.07, 6.45) is 3.26. The number of likely N-dealkylation sites (tertiary alicyclic amines) is 1. The molecule has 1 fully saturated rings. The predicted molar refractivity (Wildman–Crippen MR) is 59.8 cm³/mol. The highest BCUT2D eigenvalue weighted by Gasteiger charge is 2.17. The Kier molecular flexibility index (Phi) is 5.65. The molecule has 88 valence electrons. The van der Waals surface area contributed by atoms with Crippen molar-refractivity contribution in [3.05, 3.63) is 0 Å². The molecule has 0 spiro atoms. The van der Waals surface area contributed by atoms with E-state index in [2.05, 4.69) is 12.2 Å². The maximum Gasteiger partial charge on any atom is 0.236 e. The number of methoxy groups -OCH3 is 1. The first-order chi connectivity index (χ1) is 7.24. The van der Waals surface area contributed by atoms with E-state index in [4.69, 9.17) is 4.74 Å². The topological polar surface area (TPSA) is 41.6 Å². The summed E-state index contributed by atoms with van der Waals surface area (Å²) in [5.41, 5.74) is 0. The minimum absolute atomic E-state index is 0.233. The first kappa shape index (κ1) is 12.5. The number of nitrogens with zero attached hydrogens (tertiary/aromatic N) is 1. The zero-order chi connectivity index (χ0) is 11.1. The Bertz CT molecular complexity index is 191. The zero-order valence-corrected chi connectivity index (χ0v) is 9.79. The molecular weight excluding hydrogens is 192 g/mol. The van der Waals surface area contributed by atoms with Crippen molar-refractivity contribution in [2.24, 2.45) is 0 Å². The Hall–Kier alpha value is -0.610. The van der Waals surface area contributed by atoms with E-state index in [9.17, 15) is 4.79 Å². The van der Waals surface area contributed by atoms with Crippen molar-refractivity contribution >= 4 is 5.91 Å². The number of carbonyl (C=O) groups is 1. The normalized spacial score (nSPS) is 18.1. The van der Waals surface area contributed by atoms with Gasteiger partial charge in [-0.3, -0.25) is 4.79 Å². The summed E-state index contributed by atoms with van der Waals surface area (Å²) >= 11 is 0. The van der Waals surface area contributed by atoms with Crippen molar-refractivity contribution in [3.63, 3.8) is 0 Å². The van der Waals surface area contributed by atoms with E-state index in [1.54, 1.807) is 7.11 Å². The number of rotatable bonds is 6. The van der Waals surface area contributed by atoms with Gasteiger partial charge in [0.1, 0.15) is 0 Å². The molecule has 1 N–H and O–H groups in total. The third-order valence-electron chi connectivity index (χ3n) is 2.82. The van der Waals surface area contributed by atoms with E-state index >= 15 is 0 Å². The summed E-state index contributed by atoms with van der Waals surface area (Å²) in [6.45, 7) is 5.16. The van der Waals surface area contributed by atoms with Gasteiger partial charge in [-0.1, -0.05) is 0 Å². The van der Waals surface area contributed by atoms with Gasteiger partial charge < -0.3 is 15.0 Å². The van der Waals surface area contributed by atoms with Crippen LogP contribution in [0.3, 0.4) is 0 Å². The van der Waals surface area contributed by atoms with Crippen molar-refractivity contribution in [2.45, 2.75) is 32.2 Å². The highest BCUT2D eigenvalue weighted by atomic mass is 16.5. The van der Waals surface area contributed by atoms with Gasteiger partial charge in [-0.2, -0.15) is 0 Å². The van der Waals surface area contributed by atoms with Crippen LogP contribution >= 0.6 is 0 Å². The number of ether oxygens (including phenoxy) is 1. The highest BCUT2D eigenvalue weighted by Crippen LogP contribution is 2.06. The summed E-state index contributed by atoms with van der Waals surface area (Å²) < 4.78 is 4.98. The van der Waals surface area contributed by atoms with Crippen LogP contribution in [-0.2, 0) is 9.53 Å². The van der Waals surface area contributed by atoms with Crippen LogP contribution in [0.25, 0.3) is 0 Å². The predicted octanol–water partition coefficient (Wildman–Crippen LogP) is 0.623. The van der Waals surface area contributed by atoms with Gasteiger partial charge in [0.2, 0.25) is 5.91 Å². The standard InChI is InChI=1S/C11H22N2O2/c1-10(5-8-15-2)12-9-11(14)13-6-3-4-7-13/h10,12H,3-9H2,1-2H3. The number of nitrogens with one attached hydrogen (secondary N) is 1. The van der Waals surface area contributed by atoms with E-state index in [-0.39, 0.29) is 5.91 Å². The largest absolute Gasteiger partial charge is 0.385 e. The second kappa shape index (κ2) is 6.80. The van der Waals surface area contributed by atoms with Crippen LogP contribution in [-0.4, -0.2) is 50.2 Å². The lowest BCUT2D eigenvalue weighted by Gasteiger charge is -2.18. The molecule has 15 heavy (non-hydrogen) atoms. The summed E-state index contributed by atoms with van der Waals surface area (Å²) in [7, 11) is 1.70. The lowest BCUT2D eigenvalue weighted by molar-refractivity contribution is -0.129. The molecule has 1 atom stereocenters. The summed E-state index contributed by atoms with van der Waals surface area (Å²) in [5, 5.41) is 3.22. The molecule has 0 radical (unpaired) electrons. The molecule has 1 unspecified atom stereocenters. The molecule has 0 aromatic carbocycles. The van der Waals surface area contributed by atoms with Gasteiger partial charge in [0.25, 0.3) is 0 Å². The number of hydrogen-bond donors (Lipinski definition) is 1. The van der Waals surface area contributed by atoms with Crippen LogP contribution in [0.15, 0.2) is 0 Å². The molecule has 0 aromatic heterocycles. The van der Waals surface area contributed by atoms with Crippen molar-refractivity contribution < 1.29 is 9.53 Å². The fourth-order valence-corrected chi connectivity index (χ4v) is 1.74. The minimum atomic E-state index is 0.233. The maximum absolute atomic E-state index is 11.7. The average Bonchev–Trinajstić information content (AvgIpc) is 2.76. The molecule has 1 rings (SSSR count). The van der Waals surface area contributed by atoms with E-state index in [0.717, 1.165) is 39.0 Å². The molecule has 1 amide bonds. The molecule has 0 aromatic rings. The van der Waals surface area contributed by atoms with Crippen LogP contribution < -0.4 is 5.32 Å². The number of hydrogen-bond acceptors (Lipinski definition) is 3. The van der Waals surface area contributed by atoms with Crippen LogP contribution in [0.2, 0.25) is 0 Å². The van der Waals surface area contributed by atoms with Gasteiger partial charge in [-0.05, 0) is 26.2 Å². The molecule has 1 heterocycles. The summed E-state index contributed by atoms with van der Waals surface area (Å²) in [6, 6.07) is 0.344. The molecule has 0 bridgehead atoms. The molecule has 0 saturated carbocycles. The summed E-state index contributed by atoms with van der Waals surface area (Å²) in [5.74, 6) is 0.233. The van der Waals surface area contributed by atoms with Crippen molar-refractivity contribution in [1.82, 2.24) is 10.2 Å². The molecule has 1 aliphatic rings. The SMILES string of the molecule is COCCC(C)NCC(=O)N1CCCC1. The molecular formula is C11H22N2O2. The highest BCUT2D eigenvalue weighted by molar-refractivity contribution is 5.78. The van der Waals surface area contributed by atoms with Crippen molar-refractivity contribution in [2.75, 3.05) is 33.4 Å². The molecule has 1 saturated heterocycles. The van der Waals surface area contributed by atoms with Crippen LogP contribution in [0.4, 0.5) is 0 Å².